The third-order valence-electron chi connectivity index (χ3n) is 3.95. The fraction of sp³-hybridized carbons (Fsp3) is 0.263. The minimum Gasteiger partial charge on any atom is -0.467 e. The van der Waals surface area contributed by atoms with Crippen molar-refractivity contribution in [2.45, 2.75) is 25.6 Å². The van der Waals surface area contributed by atoms with Gasteiger partial charge in [-0.05, 0) is 30.2 Å². The Morgan fingerprint density at radius 3 is 2.31 bits per heavy atom. The van der Waals surface area contributed by atoms with Crippen LogP contribution in [0, 0.1) is 6.92 Å². The van der Waals surface area contributed by atoms with Gasteiger partial charge >= 0.3 is 12.1 Å². The molecule has 4 nitrogen and oxygen atoms in total. The molecule has 0 fully saturated rings. The van der Waals surface area contributed by atoms with Crippen LogP contribution in [0.25, 0.3) is 0 Å². The number of hydrogen-bond acceptors (Lipinski definition) is 3. The van der Waals surface area contributed by atoms with Crippen molar-refractivity contribution in [1.82, 2.24) is 5.32 Å². The monoisotopic (exact) mass is 365 g/mol. The summed E-state index contributed by atoms with van der Waals surface area (Å²) in [6.07, 6.45) is -4.57. The molecule has 0 bridgehead atoms. The van der Waals surface area contributed by atoms with Crippen molar-refractivity contribution in [3.05, 3.63) is 70.8 Å². The lowest BCUT2D eigenvalue weighted by Gasteiger charge is -2.19. The average Bonchev–Trinajstić information content (AvgIpc) is 2.61. The summed E-state index contributed by atoms with van der Waals surface area (Å²) in [4.78, 5) is 24.4. The summed E-state index contributed by atoms with van der Waals surface area (Å²) in [5, 5.41) is 2.36. The summed E-state index contributed by atoms with van der Waals surface area (Å²) in [6, 6.07) is 10.5. The van der Waals surface area contributed by atoms with E-state index in [1.54, 1.807) is 12.1 Å². The van der Waals surface area contributed by atoms with E-state index in [2.05, 4.69) is 10.1 Å². The highest BCUT2D eigenvalue weighted by molar-refractivity contribution is 5.98. The second-order valence-electron chi connectivity index (χ2n) is 5.72. The first-order chi connectivity index (χ1) is 12.2. The molecule has 1 atom stereocenters. The second kappa shape index (κ2) is 8.03. The Labute approximate surface area is 149 Å². The molecule has 1 amide bonds. The predicted octanol–water partition coefficient (Wildman–Crippen LogP) is 3.53. The molecule has 0 aliphatic carbocycles. The third kappa shape index (κ3) is 4.62. The van der Waals surface area contributed by atoms with Crippen LogP contribution in [-0.4, -0.2) is 25.0 Å². The van der Waals surface area contributed by atoms with Crippen molar-refractivity contribution in [2.24, 2.45) is 0 Å². The number of benzene rings is 2. The number of ether oxygens (including phenoxy) is 1. The number of esters is 1. The van der Waals surface area contributed by atoms with Gasteiger partial charge in [0.2, 0.25) is 0 Å². The Morgan fingerprint density at radius 2 is 1.69 bits per heavy atom. The molecule has 0 saturated heterocycles. The van der Waals surface area contributed by atoms with Gasteiger partial charge in [-0.3, -0.25) is 4.79 Å². The lowest BCUT2D eigenvalue weighted by atomic mass is 10.00. The molecule has 2 rings (SSSR count). The van der Waals surface area contributed by atoms with Gasteiger partial charge in [0.15, 0.2) is 0 Å². The molecular formula is C19H18F3NO3. The first-order valence-electron chi connectivity index (χ1n) is 7.83. The van der Waals surface area contributed by atoms with Crippen LogP contribution in [0.2, 0.25) is 0 Å². The Hall–Kier alpha value is -2.83. The molecular weight excluding hydrogens is 347 g/mol. The standard InChI is InChI=1S/C19H18F3NO3/c1-12-7-3-4-8-13(12)11-16(18(25)26-2)23-17(24)14-9-5-6-10-15(14)19(20,21)22/h3-10,16H,11H2,1-2H3,(H,23,24)/t16-/m1/s1. The van der Waals surface area contributed by atoms with Gasteiger partial charge in [-0.25, -0.2) is 4.79 Å². The van der Waals surface area contributed by atoms with Gasteiger partial charge in [-0.1, -0.05) is 36.4 Å². The highest BCUT2D eigenvalue weighted by Crippen LogP contribution is 2.31. The summed E-state index contributed by atoms with van der Waals surface area (Å²) in [7, 11) is 1.16. The third-order valence-corrected chi connectivity index (χ3v) is 3.95. The van der Waals surface area contributed by atoms with Gasteiger partial charge in [0.05, 0.1) is 18.2 Å². The van der Waals surface area contributed by atoms with E-state index in [1.165, 1.54) is 12.1 Å². The lowest BCUT2D eigenvalue weighted by molar-refractivity contribution is -0.142. The van der Waals surface area contributed by atoms with Crippen LogP contribution in [0.4, 0.5) is 13.2 Å². The topological polar surface area (TPSA) is 55.4 Å². The van der Waals surface area contributed by atoms with Crippen LogP contribution in [-0.2, 0) is 22.1 Å². The number of rotatable bonds is 5. The number of aryl methyl sites for hydroxylation is 1. The summed E-state index contributed by atoms with van der Waals surface area (Å²) >= 11 is 0. The van der Waals surface area contributed by atoms with Gasteiger partial charge in [0, 0.05) is 6.42 Å². The number of hydrogen-bond donors (Lipinski definition) is 1. The van der Waals surface area contributed by atoms with Crippen LogP contribution in [0.3, 0.4) is 0 Å². The number of methoxy groups -OCH3 is 1. The maximum absolute atomic E-state index is 13.1. The van der Waals surface area contributed by atoms with E-state index in [4.69, 9.17) is 0 Å². The molecule has 7 heteroatoms. The maximum atomic E-state index is 13.1. The zero-order valence-corrected chi connectivity index (χ0v) is 14.3. The zero-order chi connectivity index (χ0) is 19.3. The van der Waals surface area contributed by atoms with Gasteiger partial charge in [-0.2, -0.15) is 13.2 Å². The molecule has 0 saturated carbocycles. The van der Waals surface area contributed by atoms with Gasteiger partial charge in [0.25, 0.3) is 5.91 Å². The number of alkyl halides is 3. The number of carbonyl (C=O) groups is 2. The highest BCUT2D eigenvalue weighted by atomic mass is 19.4. The number of halogens is 3. The Kier molecular flexibility index (Phi) is 6.02. The molecule has 0 aromatic heterocycles. The minimum atomic E-state index is -4.68. The van der Waals surface area contributed by atoms with Crippen LogP contribution in [0.15, 0.2) is 48.5 Å². The molecule has 138 valence electrons. The lowest BCUT2D eigenvalue weighted by Crippen LogP contribution is -2.43. The first-order valence-corrected chi connectivity index (χ1v) is 7.83. The summed E-state index contributed by atoms with van der Waals surface area (Å²) in [5.41, 5.74) is 0.0781. The predicted molar refractivity (Wildman–Crippen MR) is 89.6 cm³/mol. The largest absolute Gasteiger partial charge is 0.467 e. The van der Waals surface area contributed by atoms with Crippen molar-refractivity contribution < 1.29 is 27.5 Å². The van der Waals surface area contributed by atoms with Crippen molar-refractivity contribution in [2.75, 3.05) is 7.11 Å². The van der Waals surface area contributed by atoms with Crippen LogP contribution < -0.4 is 5.32 Å². The van der Waals surface area contributed by atoms with Crippen molar-refractivity contribution >= 4 is 11.9 Å². The minimum absolute atomic E-state index is 0.110. The quantitative estimate of drug-likeness (QED) is 0.825. The molecule has 0 aliphatic rings. The van der Waals surface area contributed by atoms with E-state index in [0.717, 1.165) is 30.4 Å². The van der Waals surface area contributed by atoms with Crippen molar-refractivity contribution in [3.8, 4) is 0 Å². The van der Waals surface area contributed by atoms with E-state index in [0.29, 0.717) is 0 Å². The smallest absolute Gasteiger partial charge is 0.417 e. The Balaban J connectivity index is 2.28. The van der Waals surface area contributed by atoms with Gasteiger partial charge < -0.3 is 10.1 Å². The molecule has 0 spiro atoms. The van der Waals surface area contributed by atoms with Gasteiger partial charge in [-0.15, -0.1) is 0 Å². The SMILES string of the molecule is COC(=O)[C@@H](Cc1ccccc1C)NC(=O)c1ccccc1C(F)(F)F. The second-order valence-corrected chi connectivity index (χ2v) is 5.72. The Bertz CT molecular complexity index is 803. The first kappa shape index (κ1) is 19.5. The molecule has 2 aromatic rings. The van der Waals surface area contributed by atoms with E-state index >= 15 is 0 Å². The highest BCUT2D eigenvalue weighted by Gasteiger charge is 2.35. The average molecular weight is 365 g/mol. The number of carbonyl (C=O) groups excluding carboxylic acids is 2. The zero-order valence-electron chi connectivity index (χ0n) is 14.3. The van der Waals surface area contributed by atoms with E-state index < -0.39 is 35.2 Å². The summed E-state index contributed by atoms with van der Waals surface area (Å²) < 4.78 is 44.0. The fourth-order valence-corrected chi connectivity index (χ4v) is 2.56. The van der Waals surface area contributed by atoms with E-state index in [-0.39, 0.29) is 6.42 Å². The number of nitrogens with one attached hydrogen (secondary N) is 1. The maximum Gasteiger partial charge on any atom is 0.417 e. The molecule has 26 heavy (non-hydrogen) atoms. The molecule has 0 aliphatic heterocycles. The summed E-state index contributed by atoms with van der Waals surface area (Å²) in [5.74, 6) is -1.71. The molecule has 0 radical (unpaired) electrons. The van der Waals surface area contributed by atoms with E-state index in [1.807, 2.05) is 19.1 Å². The Morgan fingerprint density at radius 1 is 1.08 bits per heavy atom. The van der Waals surface area contributed by atoms with Crippen molar-refractivity contribution in [3.63, 3.8) is 0 Å². The van der Waals surface area contributed by atoms with Crippen LogP contribution in [0.1, 0.15) is 27.0 Å². The molecule has 0 heterocycles. The van der Waals surface area contributed by atoms with Crippen LogP contribution in [0.5, 0.6) is 0 Å². The molecule has 2 aromatic carbocycles. The normalized spacial score (nSPS) is 12.3. The summed E-state index contributed by atoms with van der Waals surface area (Å²) in [6.45, 7) is 1.84. The number of amides is 1. The van der Waals surface area contributed by atoms with E-state index in [9.17, 15) is 22.8 Å². The van der Waals surface area contributed by atoms with Crippen molar-refractivity contribution in [1.29, 1.82) is 0 Å². The fourth-order valence-electron chi connectivity index (χ4n) is 2.56. The van der Waals surface area contributed by atoms with Crippen LogP contribution >= 0.6 is 0 Å². The van der Waals surface area contributed by atoms with Gasteiger partial charge in [0.1, 0.15) is 6.04 Å². The molecule has 0 unspecified atom stereocenters. The molecule has 1 N–H and O–H groups in total.